The Morgan fingerprint density at radius 3 is 2.50 bits per heavy atom. The van der Waals surface area contributed by atoms with Crippen LogP contribution in [-0.4, -0.2) is 13.1 Å². The number of anilines is 1. The molecular weight excluding hydrogens is 257 g/mol. The van der Waals surface area contributed by atoms with Crippen molar-refractivity contribution >= 4 is 11.7 Å². The van der Waals surface area contributed by atoms with Gasteiger partial charge in [-0.3, -0.25) is 0 Å². The van der Waals surface area contributed by atoms with Gasteiger partial charge in [0.05, 0.1) is 7.11 Å². The number of esters is 1. The molecule has 0 fully saturated rings. The number of carbonyl (C=O) groups is 1. The van der Waals surface area contributed by atoms with Crippen LogP contribution in [0.15, 0.2) is 48.5 Å². The first-order chi connectivity index (χ1) is 9.61. The fourth-order valence-corrected chi connectivity index (χ4v) is 1.89. The molecule has 0 saturated heterocycles. The molecule has 0 saturated carbocycles. The summed E-state index contributed by atoms with van der Waals surface area (Å²) < 4.78 is 18.5. The molecule has 0 heterocycles. The molecule has 1 unspecified atom stereocenters. The first-order valence-corrected chi connectivity index (χ1v) is 6.27. The predicted molar refractivity (Wildman–Crippen MR) is 76.0 cm³/mol. The van der Waals surface area contributed by atoms with Crippen molar-refractivity contribution < 1.29 is 13.9 Å². The molecule has 1 atom stereocenters. The van der Waals surface area contributed by atoms with Crippen LogP contribution in [-0.2, 0) is 9.53 Å². The molecule has 0 amide bonds. The van der Waals surface area contributed by atoms with E-state index in [4.69, 9.17) is 4.74 Å². The molecule has 2 aromatic rings. The molecule has 2 aromatic carbocycles. The van der Waals surface area contributed by atoms with E-state index >= 15 is 0 Å². The number of benzene rings is 2. The van der Waals surface area contributed by atoms with Crippen molar-refractivity contribution in [2.24, 2.45) is 0 Å². The molecule has 4 heteroatoms. The number of hydrogen-bond donors (Lipinski definition) is 1. The fourth-order valence-electron chi connectivity index (χ4n) is 1.89. The van der Waals surface area contributed by atoms with E-state index < -0.39 is 12.0 Å². The topological polar surface area (TPSA) is 38.3 Å². The molecule has 3 nitrogen and oxygen atoms in total. The highest BCUT2D eigenvalue weighted by molar-refractivity contribution is 5.81. The summed E-state index contributed by atoms with van der Waals surface area (Å²) in [4.78, 5) is 11.9. The first-order valence-electron chi connectivity index (χ1n) is 6.27. The highest BCUT2D eigenvalue weighted by Gasteiger charge is 2.22. The second-order valence-electron chi connectivity index (χ2n) is 4.48. The Morgan fingerprint density at radius 1 is 1.20 bits per heavy atom. The van der Waals surface area contributed by atoms with E-state index in [0.29, 0.717) is 11.1 Å². The normalized spacial score (nSPS) is 11.8. The van der Waals surface area contributed by atoms with Gasteiger partial charge in [0.25, 0.3) is 0 Å². The molecular formula is C16H16FNO2. The molecule has 0 aliphatic rings. The maximum absolute atomic E-state index is 13.7. The lowest BCUT2D eigenvalue weighted by atomic mass is 10.0. The van der Waals surface area contributed by atoms with Crippen molar-refractivity contribution in [3.05, 3.63) is 65.5 Å². The van der Waals surface area contributed by atoms with E-state index in [-0.39, 0.29) is 5.82 Å². The number of halogens is 1. The zero-order valence-corrected chi connectivity index (χ0v) is 11.4. The van der Waals surface area contributed by atoms with E-state index in [2.05, 4.69) is 5.32 Å². The maximum Gasteiger partial charge on any atom is 0.332 e. The van der Waals surface area contributed by atoms with Crippen LogP contribution in [0.2, 0.25) is 0 Å². The Hall–Kier alpha value is -2.36. The molecule has 2 rings (SSSR count). The van der Waals surface area contributed by atoms with Gasteiger partial charge >= 0.3 is 5.97 Å². The third-order valence-electron chi connectivity index (χ3n) is 3.05. The van der Waals surface area contributed by atoms with Crippen molar-refractivity contribution in [1.82, 2.24) is 0 Å². The van der Waals surface area contributed by atoms with Crippen LogP contribution >= 0.6 is 0 Å². The van der Waals surface area contributed by atoms with Gasteiger partial charge in [0.1, 0.15) is 5.82 Å². The van der Waals surface area contributed by atoms with Gasteiger partial charge in [0.15, 0.2) is 6.04 Å². The van der Waals surface area contributed by atoms with E-state index in [0.717, 1.165) is 5.69 Å². The third-order valence-corrected chi connectivity index (χ3v) is 3.05. The van der Waals surface area contributed by atoms with Gasteiger partial charge in [-0.2, -0.15) is 0 Å². The molecule has 104 valence electrons. The Labute approximate surface area is 117 Å². The summed E-state index contributed by atoms with van der Waals surface area (Å²) in [6, 6.07) is 13.2. The second kappa shape index (κ2) is 6.19. The SMILES string of the molecule is COC(=O)C(Nc1ccccc1)c1ccc(C)c(F)c1. The summed E-state index contributed by atoms with van der Waals surface area (Å²) in [7, 11) is 1.31. The van der Waals surface area contributed by atoms with Gasteiger partial charge in [0, 0.05) is 5.69 Å². The van der Waals surface area contributed by atoms with Crippen LogP contribution in [0.1, 0.15) is 17.2 Å². The van der Waals surface area contributed by atoms with Crippen LogP contribution in [0.3, 0.4) is 0 Å². The zero-order valence-electron chi connectivity index (χ0n) is 11.4. The molecule has 20 heavy (non-hydrogen) atoms. The van der Waals surface area contributed by atoms with Gasteiger partial charge in [-0.1, -0.05) is 30.3 Å². The maximum atomic E-state index is 13.7. The van der Waals surface area contributed by atoms with Gasteiger partial charge in [-0.05, 0) is 36.2 Å². The standard InChI is InChI=1S/C16H16FNO2/c1-11-8-9-12(10-14(11)17)15(16(19)20-2)18-13-6-4-3-5-7-13/h3-10,15,18H,1-2H3. The summed E-state index contributed by atoms with van der Waals surface area (Å²) in [5.74, 6) is -0.802. The summed E-state index contributed by atoms with van der Waals surface area (Å²) in [5.41, 5.74) is 1.84. The lowest BCUT2D eigenvalue weighted by molar-refractivity contribution is -0.141. The molecule has 0 spiro atoms. The molecule has 0 aliphatic carbocycles. The van der Waals surface area contributed by atoms with Crippen LogP contribution < -0.4 is 5.32 Å². The summed E-state index contributed by atoms with van der Waals surface area (Å²) in [6.45, 7) is 1.68. The lowest BCUT2D eigenvalue weighted by Gasteiger charge is -2.18. The number of hydrogen-bond acceptors (Lipinski definition) is 3. The zero-order chi connectivity index (χ0) is 14.5. The van der Waals surface area contributed by atoms with Gasteiger partial charge in [-0.15, -0.1) is 0 Å². The molecule has 1 N–H and O–H groups in total. The first kappa shape index (κ1) is 14.1. The van der Waals surface area contributed by atoms with E-state index in [9.17, 15) is 9.18 Å². The number of methoxy groups -OCH3 is 1. The third kappa shape index (κ3) is 3.15. The van der Waals surface area contributed by atoms with E-state index in [1.54, 1.807) is 19.1 Å². The molecule has 0 aromatic heterocycles. The van der Waals surface area contributed by atoms with Crippen LogP contribution in [0, 0.1) is 12.7 Å². The second-order valence-corrected chi connectivity index (χ2v) is 4.48. The van der Waals surface area contributed by atoms with Crippen LogP contribution in [0.4, 0.5) is 10.1 Å². The summed E-state index contributed by atoms with van der Waals surface area (Å²) in [5, 5.41) is 3.05. The highest BCUT2D eigenvalue weighted by Crippen LogP contribution is 2.22. The summed E-state index contributed by atoms with van der Waals surface area (Å²) in [6.07, 6.45) is 0. The molecule has 0 radical (unpaired) electrons. The van der Waals surface area contributed by atoms with Crippen LogP contribution in [0.5, 0.6) is 0 Å². The fraction of sp³-hybridized carbons (Fsp3) is 0.188. The number of carbonyl (C=O) groups excluding carboxylic acids is 1. The Balaban J connectivity index is 2.32. The van der Waals surface area contributed by atoms with Crippen molar-refractivity contribution in [2.45, 2.75) is 13.0 Å². The van der Waals surface area contributed by atoms with Crippen molar-refractivity contribution in [3.8, 4) is 0 Å². The minimum Gasteiger partial charge on any atom is -0.467 e. The average Bonchev–Trinajstić information content (AvgIpc) is 2.48. The minimum atomic E-state index is -0.738. The Bertz CT molecular complexity index is 599. The minimum absolute atomic E-state index is 0.341. The Kier molecular flexibility index (Phi) is 4.35. The molecule has 0 bridgehead atoms. The largest absolute Gasteiger partial charge is 0.467 e. The van der Waals surface area contributed by atoms with Gasteiger partial charge in [-0.25, -0.2) is 9.18 Å². The average molecular weight is 273 g/mol. The van der Waals surface area contributed by atoms with Gasteiger partial charge in [0.2, 0.25) is 0 Å². The highest BCUT2D eigenvalue weighted by atomic mass is 19.1. The smallest absolute Gasteiger partial charge is 0.332 e. The number of nitrogens with one attached hydrogen (secondary N) is 1. The Morgan fingerprint density at radius 2 is 1.90 bits per heavy atom. The number of ether oxygens (including phenoxy) is 1. The molecule has 0 aliphatic heterocycles. The predicted octanol–water partition coefficient (Wildman–Crippen LogP) is 3.46. The lowest BCUT2D eigenvalue weighted by Crippen LogP contribution is -2.22. The monoisotopic (exact) mass is 273 g/mol. The van der Waals surface area contributed by atoms with Crippen LogP contribution in [0.25, 0.3) is 0 Å². The number of para-hydroxylation sites is 1. The number of rotatable bonds is 4. The van der Waals surface area contributed by atoms with Gasteiger partial charge < -0.3 is 10.1 Å². The van der Waals surface area contributed by atoms with E-state index in [1.807, 2.05) is 30.3 Å². The van der Waals surface area contributed by atoms with E-state index in [1.165, 1.54) is 13.2 Å². The summed E-state index contributed by atoms with van der Waals surface area (Å²) >= 11 is 0. The van der Waals surface area contributed by atoms with Crippen molar-refractivity contribution in [1.29, 1.82) is 0 Å². The van der Waals surface area contributed by atoms with Crippen molar-refractivity contribution in [2.75, 3.05) is 12.4 Å². The number of aryl methyl sites for hydroxylation is 1. The van der Waals surface area contributed by atoms with Crippen molar-refractivity contribution in [3.63, 3.8) is 0 Å². The quantitative estimate of drug-likeness (QED) is 0.867.